The minimum atomic E-state index is -0.882. The van der Waals surface area contributed by atoms with Gasteiger partial charge in [0.15, 0.2) is 5.58 Å². The van der Waals surface area contributed by atoms with Crippen LogP contribution in [0.15, 0.2) is 83.5 Å². The van der Waals surface area contributed by atoms with E-state index in [0.29, 0.717) is 42.0 Å². The van der Waals surface area contributed by atoms with Gasteiger partial charge in [-0.2, -0.15) is 0 Å². The molecular formula is C32H35N5O4. The van der Waals surface area contributed by atoms with Crippen LogP contribution in [0.4, 0.5) is 10.5 Å². The van der Waals surface area contributed by atoms with Crippen LogP contribution < -0.4 is 16.0 Å². The second-order valence-electron chi connectivity index (χ2n) is 10.6. The molecule has 1 aliphatic rings. The third kappa shape index (κ3) is 7.78. The number of amides is 3. The minimum Gasteiger partial charge on any atom is -0.434 e. The molecule has 4 aromatic rings. The number of nitrogens with one attached hydrogen (secondary N) is 3. The summed E-state index contributed by atoms with van der Waals surface area (Å²) < 4.78 is 5.76. The van der Waals surface area contributed by atoms with Crippen molar-refractivity contribution in [2.24, 2.45) is 5.92 Å². The Morgan fingerprint density at radius 1 is 0.878 bits per heavy atom. The van der Waals surface area contributed by atoms with Gasteiger partial charge in [-0.25, -0.2) is 9.78 Å². The van der Waals surface area contributed by atoms with Crippen LogP contribution in [-0.4, -0.2) is 39.8 Å². The Morgan fingerprint density at radius 3 is 2.41 bits per heavy atom. The number of ketones is 1. The summed E-state index contributed by atoms with van der Waals surface area (Å²) in [6.07, 6.45) is 9.99. The van der Waals surface area contributed by atoms with Crippen LogP contribution in [0.3, 0.4) is 0 Å². The number of oxazole rings is 1. The molecule has 2 heterocycles. The second-order valence-corrected chi connectivity index (χ2v) is 10.6. The van der Waals surface area contributed by atoms with E-state index in [2.05, 4.69) is 25.9 Å². The van der Waals surface area contributed by atoms with E-state index in [4.69, 9.17) is 4.42 Å². The maximum Gasteiger partial charge on any atom is 0.319 e. The zero-order chi connectivity index (χ0) is 28.4. The Labute approximate surface area is 239 Å². The lowest BCUT2D eigenvalue weighted by atomic mass is 9.84. The van der Waals surface area contributed by atoms with Gasteiger partial charge >= 0.3 is 6.03 Å². The highest BCUT2D eigenvalue weighted by atomic mass is 16.4. The first-order valence-corrected chi connectivity index (χ1v) is 14.3. The number of Topliss-reactive ketones (excluding diaryl/α,β-unsaturated/α-hetero) is 1. The van der Waals surface area contributed by atoms with E-state index < -0.39 is 29.8 Å². The average molecular weight is 554 g/mol. The van der Waals surface area contributed by atoms with E-state index >= 15 is 0 Å². The molecule has 5 rings (SSSR count). The molecule has 212 valence electrons. The van der Waals surface area contributed by atoms with Crippen molar-refractivity contribution >= 4 is 34.5 Å². The molecule has 0 unspecified atom stereocenters. The summed E-state index contributed by atoms with van der Waals surface area (Å²) in [5.41, 5.74) is 2.65. The maximum atomic E-state index is 13.8. The molecule has 0 aliphatic heterocycles. The summed E-state index contributed by atoms with van der Waals surface area (Å²) in [5.74, 6) is -0.537. The third-order valence-electron chi connectivity index (χ3n) is 7.54. The molecule has 2 aromatic carbocycles. The predicted octanol–water partition coefficient (Wildman–Crippen LogP) is 5.68. The van der Waals surface area contributed by atoms with Crippen molar-refractivity contribution in [3.63, 3.8) is 0 Å². The average Bonchev–Trinajstić information content (AvgIpc) is 3.44. The number of carbonyl (C=O) groups excluding carboxylic acids is 3. The molecule has 0 saturated heterocycles. The lowest BCUT2D eigenvalue weighted by molar-refractivity contribution is -0.123. The zero-order valence-corrected chi connectivity index (χ0v) is 22.9. The molecule has 1 aliphatic carbocycles. The summed E-state index contributed by atoms with van der Waals surface area (Å²) in [7, 11) is 0. The first-order valence-electron chi connectivity index (χ1n) is 14.3. The van der Waals surface area contributed by atoms with Gasteiger partial charge in [0.1, 0.15) is 11.6 Å². The number of rotatable bonds is 11. The maximum absolute atomic E-state index is 13.8. The van der Waals surface area contributed by atoms with Gasteiger partial charge in [0.2, 0.25) is 11.7 Å². The second kappa shape index (κ2) is 13.7. The number of urea groups is 1. The Hall–Kier alpha value is -4.53. The molecule has 0 spiro atoms. The van der Waals surface area contributed by atoms with Crippen molar-refractivity contribution in [2.75, 3.05) is 5.32 Å². The summed E-state index contributed by atoms with van der Waals surface area (Å²) in [4.78, 5) is 48.7. The molecule has 3 N–H and O–H groups in total. The molecule has 2 aromatic heterocycles. The largest absolute Gasteiger partial charge is 0.434 e. The van der Waals surface area contributed by atoms with Gasteiger partial charge in [-0.05, 0) is 55.0 Å². The molecule has 9 nitrogen and oxygen atoms in total. The number of anilines is 1. The first-order chi connectivity index (χ1) is 20.0. The lowest BCUT2D eigenvalue weighted by Crippen LogP contribution is -2.53. The van der Waals surface area contributed by atoms with Gasteiger partial charge in [0, 0.05) is 6.20 Å². The molecule has 3 amide bonds. The number of aromatic nitrogens is 2. The number of pyridine rings is 1. The minimum absolute atomic E-state index is 0.0457. The predicted molar refractivity (Wildman–Crippen MR) is 156 cm³/mol. The summed E-state index contributed by atoms with van der Waals surface area (Å²) in [6.45, 7) is 0. The van der Waals surface area contributed by atoms with E-state index in [0.717, 1.165) is 31.2 Å². The normalized spacial score (nSPS) is 15.1. The van der Waals surface area contributed by atoms with E-state index in [-0.39, 0.29) is 5.89 Å². The summed E-state index contributed by atoms with van der Waals surface area (Å²) in [5, 5.41) is 8.54. The number of aryl methyl sites for hydroxylation is 1. The highest BCUT2D eigenvalue weighted by molar-refractivity contribution is 6.01. The van der Waals surface area contributed by atoms with Crippen molar-refractivity contribution < 1.29 is 18.8 Å². The van der Waals surface area contributed by atoms with E-state index in [1.165, 1.54) is 12.6 Å². The van der Waals surface area contributed by atoms with Gasteiger partial charge < -0.3 is 20.4 Å². The van der Waals surface area contributed by atoms with Crippen LogP contribution >= 0.6 is 0 Å². The quantitative estimate of drug-likeness (QED) is 0.205. The number of hydrogen-bond donors (Lipinski definition) is 3. The van der Waals surface area contributed by atoms with Crippen LogP contribution in [0.2, 0.25) is 0 Å². The number of hydrogen-bond acceptors (Lipinski definition) is 6. The molecular weight excluding hydrogens is 518 g/mol. The molecule has 1 saturated carbocycles. The number of benzene rings is 2. The van der Waals surface area contributed by atoms with E-state index in [1.54, 1.807) is 30.5 Å². The number of nitrogens with zero attached hydrogens (tertiary/aromatic N) is 2. The Kier molecular flexibility index (Phi) is 9.36. The Morgan fingerprint density at radius 2 is 1.66 bits per heavy atom. The Balaban J connectivity index is 1.34. The smallest absolute Gasteiger partial charge is 0.319 e. The summed E-state index contributed by atoms with van der Waals surface area (Å²) >= 11 is 0. The van der Waals surface area contributed by atoms with Gasteiger partial charge in [0.25, 0.3) is 5.89 Å². The van der Waals surface area contributed by atoms with Gasteiger partial charge in [-0.3, -0.25) is 14.6 Å². The van der Waals surface area contributed by atoms with Crippen molar-refractivity contribution in [3.05, 3.63) is 90.6 Å². The van der Waals surface area contributed by atoms with E-state index in [1.807, 2.05) is 42.5 Å². The molecule has 0 radical (unpaired) electrons. The van der Waals surface area contributed by atoms with Crippen molar-refractivity contribution in [1.29, 1.82) is 0 Å². The molecule has 2 atom stereocenters. The van der Waals surface area contributed by atoms with Gasteiger partial charge in [-0.15, -0.1) is 0 Å². The van der Waals surface area contributed by atoms with Crippen LogP contribution in [-0.2, 0) is 11.2 Å². The van der Waals surface area contributed by atoms with Gasteiger partial charge in [-0.1, -0.05) is 74.6 Å². The highest BCUT2D eigenvalue weighted by Gasteiger charge is 2.31. The van der Waals surface area contributed by atoms with Crippen molar-refractivity contribution in [1.82, 2.24) is 20.6 Å². The SMILES string of the molecule is O=C(Nc1cccnc1)N[C@@H](CC1CCCCC1)C(=O)N[C@@H](CCc1ccccc1)C(=O)c1nc2ccccc2o1. The lowest BCUT2D eigenvalue weighted by Gasteiger charge is -2.28. The first kappa shape index (κ1) is 28.0. The fraction of sp³-hybridized carbons (Fsp3) is 0.344. The Bertz CT molecular complexity index is 1420. The third-order valence-corrected chi connectivity index (χ3v) is 7.54. The van der Waals surface area contributed by atoms with Crippen LogP contribution in [0.25, 0.3) is 11.1 Å². The summed E-state index contributed by atoms with van der Waals surface area (Å²) in [6, 6.07) is 18.2. The van der Waals surface area contributed by atoms with Crippen LogP contribution in [0, 0.1) is 5.92 Å². The number of carbonyl (C=O) groups is 3. The zero-order valence-electron chi connectivity index (χ0n) is 22.9. The van der Waals surface area contributed by atoms with Crippen LogP contribution in [0.5, 0.6) is 0 Å². The van der Waals surface area contributed by atoms with Crippen LogP contribution in [0.1, 0.15) is 61.2 Å². The molecule has 1 fully saturated rings. The highest BCUT2D eigenvalue weighted by Crippen LogP contribution is 2.27. The standard InChI is InChI=1S/C32H35N5O4/c38-29(31-36-25-15-7-8-16-28(25)41-31)26(18-17-22-10-3-1-4-11-22)35-30(39)27(20-23-12-5-2-6-13-23)37-32(40)34-24-14-9-19-33-21-24/h1,3-4,7-11,14-16,19,21,23,26-27H,2,5-6,12-13,17-18,20H2,(H,35,39)(H2,34,37,40)/t26-,27-/m0/s1. The number of para-hydroxylation sites is 2. The fourth-order valence-electron chi connectivity index (χ4n) is 5.37. The molecule has 41 heavy (non-hydrogen) atoms. The van der Waals surface area contributed by atoms with Crippen molar-refractivity contribution in [2.45, 2.75) is 63.5 Å². The van der Waals surface area contributed by atoms with Crippen molar-refractivity contribution in [3.8, 4) is 0 Å². The van der Waals surface area contributed by atoms with E-state index in [9.17, 15) is 14.4 Å². The topological polar surface area (TPSA) is 126 Å². The number of fused-ring (bicyclic) bond motifs is 1. The fourth-order valence-corrected chi connectivity index (χ4v) is 5.37. The van der Waals surface area contributed by atoms with Gasteiger partial charge in [0.05, 0.1) is 17.9 Å². The molecule has 9 heteroatoms. The molecule has 0 bridgehead atoms. The monoisotopic (exact) mass is 553 g/mol.